The molecule has 102 valence electrons. The van der Waals surface area contributed by atoms with Crippen LogP contribution in [0.4, 0.5) is 14.6 Å². The van der Waals surface area contributed by atoms with Crippen molar-refractivity contribution in [2.75, 3.05) is 5.73 Å². The topological polar surface area (TPSA) is 64.9 Å². The second kappa shape index (κ2) is 4.68. The van der Waals surface area contributed by atoms with Crippen LogP contribution in [0.1, 0.15) is 5.01 Å². The molecule has 0 aliphatic heterocycles. The maximum atomic E-state index is 13.3. The van der Waals surface area contributed by atoms with E-state index in [0.717, 1.165) is 11.1 Å². The molecule has 2 aromatic heterocycles. The van der Waals surface area contributed by atoms with Crippen LogP contribution in [0.3, 0.4) is 0 Å². The Balaban J connectivity index is 2.21. The highest BCUT2D eigenvalue weighted by Crippen LogP contribution is 2.39. The van der Waals surface area contributed by atoms with Crippen molar-refractivity contribution in [2.24, 2.45) is 0 Å². The number of hydrogen-bond donors (Lipinski definition) is 1. The number of aromatic nitrogens is 2. The highest BCUT2D eigenvalue weighted by Gasteiger charge is 2.20. The predicted octanol–water partition coefficient (Wildman–Crippen LogP) is 3.63. The van der Waals surface area contributed by atoms with Crippen LogP contribution < -0.4 is 5.73 Å². The lowest BCUT2D eigenvalue weighted by Gasteiger charge is -2.02. The van der Waals surface area contributed by atoms with Crippen LogP contribution >= 0.6 is 11.3 Å². The minimum atomic E-state index is -0.688. The summed E-state index contributed by atoms with van der Waals surface area (Å²) in [5.74, 6) is -0.937. The average Bonchev–Trinajstić information content (AvgIpc) is 2.94. The SMILES string of the molecule is Cc1ncc(-c2onc(N)c2-c2cc(F)cc(F)c2)s1. The number of nitrogens with zero attached hydrogens (tertiary/aromatic N) is 2. The minimum absolute atomic E-state index is 0.0797. The Labute approximate surface area is 116 Å². The lowest BCUT2D eigenvalue weighted by Crippen LogP contribution is -1.90. The molecule has 4 nitrogen and oxygen atoms in total. The van der Waals surface area contributed by atoms with E-state index in [1.807, 2.05) is 6.92 Å². The molecule has 2 N–H and O–H groups in total. The summed E-state index contributed by atoms with van der Waals surface area (Å²) in [7, 11) is 0. The fourth-order valence-electron chi connectivity index (χ4n) is 1.91. The van der Waals surface area contributed by atoms with E-state index >= 15 is 0 Å². The Bertz CT molecular complexity index is 762. The van der Waals surface area contributed by atoms with Crippen molar-refractivity contribution < 1.29 is 13.3 Å². The molecule has 2 heterocycles. The van der Waals surface area contributed by atoms with E-state index in [1.165, 1.54) is 23.5 Å². The van der Waals surface area contributed by atoms with Crippen LogP contribution in [0.5, 0.6) is 0 Å². The summed E-state index contributed by atoms with van der Waals surface area (Å²) in [6.45, 7) is 1.84. The van der Waals surface area contributed by atoms with Gasteiger partial charge < -0.3 is 10.3 Å². The third-order valence-electron chi connectivity index (χ3n) is 2.71. The van der Waals surface area contributed by atoms with Crippen molar-refractivity contribution >= 4 is 17.2 Å². The van der Waals surface area contributed by atoms with Gasteiger partial charge >= 0.3 is 0 Å². The lowest BCUT2D eigenvalue weighted by molar-refractivity contribution is 0.437. The highest BCUT2D eigenvalue weighted by atomic mass is 32.1. The quantitative estimate of drug-likeness (QED) is 0.783. The number of rotatable bonds is 2. The molecule has 0 saturated carbocycles. The number of nitrogen functional groups attached to an aromatic ring is 1. The molecule has 0 fully saturated rings. The molecule has 0 aliphatic rings. The highest BCUT2D eigenvalue weighted by molar-refractivity contribution is 7.15. The van der Waals surface area contributed by atoms with Gasteiger partial charge in [-0.25, -0.2) is 13.8 Å². The first-order chi connectivity index (χ1) is 9.54. The smallest absolute Gasteiger partial charge is 0.188 e. The van der Waals surface area contributed by atoms with Gasteiger partial charge in [0.15, 0.2) is 11.6 Å². The first-order valence-corrected chi connectivity index (χ1v) is 6.50. The molecule has 0 amide bonds. The summed E-state index contributed by atoms with van der Waals surface area (Å²) >= 11 is 1.38. The molecule has 0 bridgehead atoms. The van der Waals surface area contributed by atoms with Crippen molar-refractivity contribution in [3.8, 4) is 21.8 Å². The third kappa shape index (κ3) is 2.16. The van der Waals surface area contributed by atoms with Crippen LogP contribution in [0.2, 0.25) is 0 Å². The predicted molar refractivity (Wildman–Crippen MR) is 72.1 cm³/mol. The third-order valence-corrected chi connectivity index (χ3v) is 3.63. The summed E-state index contributed by atoms with van der Waals surface area (Å²) in [5, 5.41) is 4.51. The molecule has 0 aliphatic carbocycles. The van der Waals surface area contributed by atoms with Crippen LogP contribution in [0, 0.1) is 18.6 Å². The molecule has 0 saturated heterocycles. The van der Waals surface area contributed by atoms with Gasteiger partial charge in [0, 0.05) is 12.3 Å². The van der Waals surface area contributed by atoms with E-state index in [4.69, 9.17) is 10.3 Å². The number of benzene rings is 1. The first-order valence-electron chi connectivity index (χ1n) is 5.69. The molecule has 0 unspecified atom stereocenters. The van der Waals surface area contributed by atoms with E-state index in [2.05, 4.69) is 10.1 Å². The monoisotopic (exact) mass is 293 g/mol. The number of halogens is 2. The largest absolute Gasteiger partial charge is 0.380 e. The van der Waals surface area contributed by atoms with Gasteiger partial charge in [-0.3, -0.25) is 0 Å². The summed E-state index contributed by atoms with van der Waals surface area (Å²) in [4.78, 5) is 4.81. The number of hydrogen-bond acceptors (Lipinski definition) is 5. The van der Waals surface area contributed by atoms with Crippen LogP contribution in [-0.4, -0.2) is 10.1 Å². The van der Waals surface area contributed by atoms with Gasteiger partial charge in [0.05, 0.1) is 15.4 Å². The maximum Gasteiger partial charge on any atom is 0.188 e. The van der Waals surface area contributed by atoms with Gasteiger partial charge in [-0.1, -0.05) is 5.16 Å². The van der Waals surface area contributed by atoms with Crippen molar-refractivity contribution in [2.45, 2.75) is 6.92 Å². The number of thiazole rings is 1. The summed E-state index contributed by atoms with van der Waals surface area (Å²) < 4.78 is 31.9. The second-order valence-corrected chi connectivity index (χ2v) is 5.41. The maximum absolute atomic E-state index is 13.3. The van der Waals surface area contributed by atoms with Crippen LogP contribution in [0.25, 0.3) is 21.8 Å². The van der Waals surface area contributed by atoms with Crippen molar-refractivity contribution in [1.29, 1.82) is 0 Å². The fraction of sp³-hybridized carbons (Fsp3) is 0.0769. The molecular formula is C13H9F2N3OS. The van der Waals surface area contributed by atoms with Gasteiger partial charge in [0.25, 0.3) is 0 Å². The number of aryl methyl sites for hydroxylation is 1. The molecule has 3 aromatic rings. The molecule has 0 atom stereocenters. The Morgan fingerprint density at radius 2 is 1.90 bits per heavy atom. The molecule has 7 heteroatoms. The van der Waals surface area contributed by atoms with Gasteiger partial charge in [-0.05, 0) is 24.6 Å². The van der Waals surface area contributed by atoms with Crippen molar-refractivity contribution in [1.82, 2.24) is 10.1 Å². The molecule has 3 rings (SSSR count). The second-order valence-electron chi connectivity index (χ2n) is 4.17. The normalized spacial score (nSPS) is 10.9. The molecule has 0 radical (unpaired) electrons. The fourth-order valence-corrected chi connectivity index (χ4v) is 2.68. The van der Waals surface area contributed by atoms with E-state index in [0.29, 0.717) is 16.2 Å². The summed E-state index contributed by atoms with van der Waals surface area (Å²) in [5.41, 5.74) is 6.40. The standard InChI is InChI=1S/C13H9F2N3OS/c1-6-17-5-10(20-6)12-11(13(16)18-19-12)7-2-8(14)4-9(15)3-7/h2-5H,1H3,(H2,16,18). The van der Waals surface area contributed by atoms with Gasteiger partial charge in [0.2, 0.25) is 0 Å². The van der Waals surface area contributed by atoms with Crippen molar-refractivity contribution in [3.05, 3.63) is 41.0 Å². The van der Waals surface area contributed by atoms with Gasteiger partial charge in [-0.15, -0.1) is 11.3 Å². The zero-order chi connectivity index (χ0) is 14.3. The number of nitrogens with two attached hydrogens (primary N) is 1. The van der Waals surface area contributed by atoms with Crippen molar-refractivity contribution in [3.63, 3.8) is 0 Å². The Morgan fingerprint density at radius 3 is 2.50 bits per heavy atom. The zero-order valence-electron chi connectivity index (χ0n) is 10.4. The summed E-state index contributed by atoms with van der Waals surface area (Å²) in [6.07, 6.45) is 1.61. The van der Waals surface area contributed by atoms with Crippen LogP contribution in [0.15, 0.2) is 28.9 Å². The first kappa shape index (κ1) is 12.7. The Morgan fingerprint density at radius 1 is 1.20 bits per heavy atom. The average molecular weight is 293 g/mol. The Kier molecular flexibility index (Phi) is 2.98. The molecular weight excluding hydrogens is 284 g/mol. The molecule has 20 heavy (non-hydrogen) atoms. The summed E-state index contributed by atoms with van der Waals surface area (Å²) in [6, 6.07) is 3.16. The van der Waals surface area contributed by atoms with E-state index in [9.17, 15) is 8.78 Å². The minimum Gasteiger partial charge on any atom is -0.380 e. The lowest BCUT2D eigenvalue weighted by atomic mass is 10.0. The van der Waals surface area contributed by atoms with E-state index in [-0.39, 0.29) is 11.4 Å². The molecule has 0 spiro atoms. The number of anilines is 1. The Hall–Kier alpha value is -2.28. The molecule has 1 aromatic carbocycles. The van der Waals surface area contributed by atoms with E-state index < -0.39 is 11.6 Å². The zero-order valence-corrected chi connectivity index (χ0v) is 11.2. The van der Waals surface area contributed by atoms with Gasteiger partial charge in [0.1, 0.15) is 11.6 Å². The van der Waals surface area contributed by atoms with Crippen LogP contribution in [-0.2, 0) is 0 Å². The van der Waals surface area contributed by atoms with Gasteiger partial charge in [-0.2, -0.15) is 0 Å². The van der Waals surface area contributed by atoms with E-state index in [1.54, 1.807) is 6.20 Å².